The molecule has 3 nitrogen and oxygen atoms in total. The third kappa shape index (κ3) is 2.85. The molecule has 1 aromatic heterocycles. The maximum atomic E-state index is 5.19. The van der Waals surface area contributed by atoms with Gasteiger partial charge in [-0.15, -0.1) is 0 Å². The van der Waals surface area contributed by atoms with Crippen LogP contribution < -0.4 is 4.74 Å². The van der Waals surface area contributed by atoms with E-state index in [-0.39, 0.29) is 0 Å². The summed E-state index contributed by atoms with van der Waals surface area (Å²) >= 11 is 3.54. The highest BCUT2D eigenvalue weighted by atomic mass is 79.9. The van der Waals surface area contributed by atoms with E-state index < -0.39 is 0 Å². The van der Waals surface area contributed by atoms with E-state index in [0.29, 0.717) is 0 Å². The molecule has 0 saturated heterocycles. The summed E-state index contributed by atoms with van der Waals surface area (Å²) in [6.07, 6.45) is 2.05. The van der Waals surface area contributed by atoms with Crippen molar-refractivity contribution in [1.82, 2.24) is 9.78 Å². The third-order valence-corrected chi connectivity index (χ3v) is 3.92. The number of hydrogen-bond acceptors (Lipinski definition) is 2. The van der Waals surface area contributed by atoms with E-state index in [1.165, 1.54) is 0 Å². The van der Waals surface area contributed by atoms with Crippen molar-refractivity contribution >= 4 is 15.9 Å². The Morgan fingerprint density at radius 3 is 2.38 bits per heavy atom. The molecule has 21 heavy (non-hydrogen) atoms. The minimum Gasteiger partial charge on any atom is -0.497 e. The Kier molecular flexibility index (Phi) is 4.06. The van der Waals surface area contributed by atoms with Gasteiger partial charge in [0.15, 0.2) is 0 Å². The van der Waals surface area contributed by atoms with E-state index in [4.69, 9.17) is 9.84 Å². The standard InChI is InChI=1S/C17H15BrN2O/c1-21-16-9-7-15(8-10-16)20-12-14(11-18)17(19-20)13-5-3-2-4-6-13/h2-10,12H,11H2,1H3. The zero-order valence-electron chi connectivity index (χ0n) is 11.7. The van der Waals surface area contributed by atoms with Crippen LogP contribution in [0, 0.1) is 0 Å². The second-order valence-corrected chi connectivity index (χ2v) is 5.21. The second kappa shape index (κ2) is 6.14. The van der Waals surface area contributed by atoms with Crippen LogP contribution >= 0.6 is 15.9 Å². The Morgan fingerprint density at radius 2 is 1.76 bits per heavy atom. The van der Waals surface area contributed by atoms with E-state index >= 15 is 0 Å². The van der Waals surface area contributed by atoms with Crippen LogP contribution in [-0.4, -0.2) is 16.9 Å². The van der Waals surface area contributed by atoms with Crippen LogP contribution in [0.5, 0.6) is 5.75 Å². The largest absolute Gasteiger partial charge is 0.497 e. The highest BCUT2D eigenvalue weighted by molar-refractivity contribution is 9.08. The molecule has 3 aromatic rings. The molecule has 0 amide bonds. The quantitative estimate of drug-likeness (QED) is 0.655. The smallest absolute Gasteiger partial charge is 0.119 e. The number of alkyl halides is 1. The maximum absolute atomic E-state index is 5.19. The van der Waals surface area contributed by atoms with Crippen LogP contribution in [0.4, 0.5) is 0 Å². The molecule has 0 bridgehead atoms. The molecule has 4 heteroatoms. The molecule has 106 valence electrons. The van der Waals surface area contributed by atoms with E-state index in [2.05, 4.69) is 34.3 Å². The first-order valence-corrected chi connectivity index (χ1v) is 7.78. The van der Waals surface area contributed by atoms with Crippen molar-refractivity contribution in [2.45, 2.75) is 5.33 Å². The molecule has 0 saturated carbocycles. The van der Waals surface area contributed by atoms with Crippen molar-refractivity contribution in [3.63, 3.8) is 0 Å². The van der Waals surface area contributed by atoms with Gasteiger partial charge in [0.25, 0.3) is 0 Å². The van der Waals surface area contributed by atoms with Gasteiger partial charge in [-0.05, 0) is 24.3 Å². The summed E-state index contributed by atoms with van der Waals surface area (Å²) in [5.74, 6) is 0.843. The molecule has 0 aliphatic rings. The zero-order valence-corrected chi connectivity index (χ0v) is 13.2. The molecule has 2 aromatic carbocycles. The van der Waals surface area contributed by atoms with Crippen molar-refractivity contribution in [2.75, 3.05) is 7.11 Å². The van der Waals surface area contributed by atoms with Crippen LogP contribution in [0.15, 0.2) is 60.8 Å². The van der Waals surface area contributed by atoms with E-state index in [9.17, 15) is 0 Å². The molecule has 0 unspecified atom stereocenters. The lowest BCUT2D eigenvalue weighted by Crippen LogP contribution is -1.94. The minimum absolute atomic E-state index is 0.771. The lowest BCUT2D eigenvalue weighted by molar-refractivity contribution is 0.414. The first kappa shape index (κ1) is 13.9. The van der Waals surface area contributed by atoms with Crippen molar-refractivity contribution in [2.24, 2.45) is 0 Å². The van der Waals surface area contributed by atoms with Crippen LogP contribution in [0.3, 0.4) is 0 Å². The summed E-state index contributed by atoms with van der Waals surface area (Å²) in [6.45, 7) is 0. The number of benzene rings is 2. The van der Waals surface area contributed by atoms with Crippen LogP contribution in [0.25, 0.3) is 16.9 Å². The predicted molar refractivity (Wildman–Crippen MR) is 88.2 cm³/mol. The highest BCUT2D eigenvalue weighted by Crippen LogP contribution is 2.25. The molecule has 1 heterocycles. The summed E-state index contributed by atoms with van der Waals surface area (Å²) in [6, 6.07) is 18.1. The SMILES string of the molecule is COc1ccc(-n2cc(CBr)c(-c3ccccc3)n2)cc1. The Labute approximate surface area is 132 Å². The molecule has 0 spiro atoms. The molecule has 3 rings (SSSR count). The zero-order chi connectivity index (χ0) is 14.7. The number of aromatic nitrogens is 2. The topological polar surface area (TPSA) is 27.1 Å². The summed E-state index contributed by atoms with van der Waals surface area (Å²) in [5.41, 5.74) is 4.31. The molecular weight excluding hydrogens is 328 g/mol. The van der Waals surface area contributed by atoms with E-state index in [0.717, 1.165) is 33.6 Å². The molecule has 0 aliphatic heterocycles. The van der Waals surface area contributed by atoms with Crippen molar-refractivity contribution in [3.8, 4) is 22.7 Å². The highest BCUT2D eigenvalue weighted by Gasteiger charge is 2.11. The third-order valence-electron chi connectivity index (χ3n) is 3.32. The van der Waals surface area contributed by atoms with Crippen LogP contribution in [0.2, 0.25) is 0 Å². The first-order chi connectivity index (χ1) is 10.3. The molecule has 0 atom stereocenters. The minimum atomic E-state index is 0.771. The van der Waals surface area contributed by atoms with Gasteiger partial charge in [-0.2, -0.15) is 5.10 Å². The van der Waals surface area contributed by atoms with Gasteiger partial charge in [0, 0.05) is 22.7 Å². The molecule has 0 fully saturated rings. The van der Waals surface area contributed by atoms with Crippen molar-refractivity contribution < 1.29 is 4.74 Å². The van der Waals surface area contributed by atoms with Crippen LogP contribution in [0.1, 0.15) is 5.56 Å². The van der Waals surface area contributed by atoms with E-state index in [1.807, 2.05) is 47.1 Å². The summed E-state index contributed by atoms with van der Waals surface area (Å²) in [7, 11) is 1.67. The fourth-order valence-electron chi connectivity index (χ4n) is 2.21. The fourth-order valence-corrected chi connectivity index (χ4v) is 2.62. The maximum Gasteiger partial charge on any atom is 0.119 e. The predicted octanol–water partition coefficient (Wildman–Crippen LogP) is 4.44. The van der Waals surface area contributed by atoms with Gasteiger partial charge in [0.1, 0.15) is 5.75 Å². The second-order valence-electron chi connectivity index (χ2n) is 4.65. The van der Waals surface area contributed by atoms with Crippen LogP contribution in [-0.2, 0) is 5.33 Å². The average molecular weight is 343 g/mol. The van der Waals surface area contributed by atoms with Gasteiger partial charge >= 0.3 is 0 Å². The van der Waals surface area contributed by atoms with Crippen molar-refractivity contribution in [3.05, 3.63) is 66.4 Å². The van der Waals surface area contributed by atoms with E-state index in [1.54, 1.807) is 7.11 Å². The van der Waals surface area contributed by atoms with Gasteiger partial charge in [-0.1, -0.05) is 46.3 Å². The number of rotatable bonds is 4. The molecular formula is C17H15BrN2O. The summed E-state index contributed by atoms with van der Waals surface area (Å²) < 4.78 is 7.09. The Hall–Kier alpha value is -2.07. The van der Waals surface area contributed by atoms with Gasteiger partial charge in [-0.3, -0.25) is 0 Å². The number of nitrogens with zero attached hydrogens (tertiary/aromatic N) is 2. The van der Waals surface area contributed by atoms with Gasteiger partial charge in [0.05, 0.1) is 18.5 Å². The number of halogens is 1. The summed E-state index contributed by atoms with van der Waals surface area (Å²) in [4.78, 5) is 0. The molecule has 0 aliphatic carbocycles. The number of hydrogen-bond donors (Lipinski definition) is 0. The lowest BCUT2D eigenvalue weighted by atomic mass is 10.1. The monoisotopic (exact) mass is 342 g/mol. The van der Waals surface area contributed by atoms with Gasteiger partial charge in [0.2, 0.25) is 0 Å². The fraction of sp³-hybridized carbons (Fsp3) is 0.118. The lowest BCUT2D eigenvalue weighted by Gasteiger charge is -2.03. The average Bonchev–Trinajstić information content (AvgIpc) is 3.00. The normalized spacial score (nSPS) is 10.6. The summed E-state index contributed by atoms with van der Waals surface area (Å²) in [5, 5.41) is 5.49. The Bertz CT molecular complexity index is 720. The van der Waals surface area contributed by atoms with Crippen molar-refractivity contribution in [1.29, 1.82) is 0 Å². The number of ether oxygens (including phenoxy) is 1. The van der Waals surface area contributed by atoms with Gasteiger partial charge in [-0.25, -0.2) is 4.68 Å². The Balaban J connectivity index is 2.02. The molecule has 0 N–H and O–H groups in total. The molecule has 0 radical (unpaired) electrons. The Morgan fingerprint density at radius 1 is 1.05 bits per heavy atom. The van der Waals surface area contributed by atoms with Gasteiger partial charge < -0.3 is 4.74 Å². The number of methoxy groups -OCH3 is 1. The first-order valence-electron chi connectivity index (χ1n) is 6.66.